The summed E-state index contributed by atoms with van der Waals surface area (Å²) in [6.07, 6.45) is 3.28. The van der Waals surface area contributed by atoms with Crippen LogP contribution in [0, 0.1) is 11.2 Å². The Morgan fingerprint density at radius 1 is 1.38 bits per heavy atom. The minimum absolute atomic E-state index is 0.109. The first-order chi connectivity index (χ1) is 11.4. The molecule has 6 nitrogen and oxygen atoms in total. The summed E-state index contributed by atoms with van der Waals surface area (Å²) < 4.78 is 20.8. The smallest absolute Gasteiger partial charge is 0.222 e. The molecule has 2 aromatic rings. The first-order valence-corrected chi connectivity index (χ1v) is 7.85. The largest absolute Gasteiger partial charge is 0.488 e. The molecule has 0 radical (unpaired) electrons. The van der Waals surface area contributed by atoms with Crippen LogP contribution < -0.4 is 10.1 Å². The van der Waals surface area contributed by atoms with Gasteiger partial charge in [-0.3, -0.25) is 9.48 Å². The second-order valence-electron chi connectivity index (χ2n) is 6.64. The van der Waals surface area contributed by atoms with E-state index < -0.39 is 5.82 Å². The summed E-state index contributed by atoms with van der Waals surface area (Å²) in [5.41, 5.74) is -0.228. The van der Waals surface area contributed by atoms with Gasteiger partial charge >= 0.3 is 0 Å². The number of carbonyl (C=O) groups is 1. The quantitative estimate of drug-likeness (QED) is 0.844. The predicted octanol–water partition coefficient (Wildman–Crippen LogP) is 2.42. The Hall–Kier alpha value is -2.44. The van der Waals surface area contributed by atoms with E-state index in [1.807, 2.05) is 20.8 Å². The molecule has 2 rings (SSSR count). The Kier molecular flexibility index (Phi) is 5.89. The molecule has 0 fully saturated rings. The summed E-state index contributed by atoms with van der Waals surface area (Å²) in [6, 6.07) is 5.98. The van der Waals surface area contributed by atoms with Gasteiger partial charge in [0, 0.05) is 6.42 Å². The SMILES string of the molecule is CC(C)(C)[C@@H](COc1ccccc1F)NC(=O)CCn1cncn1. The van der Waals surface area contributed by atoms with Crippen molar-refractivity contribution in [3.63, 3.8) is 0 Å². The number of amides is 1. The van der Waals surface area contributed by atoms with Crippen molar-refractivity contribution in [2.45, 2.75) is 39.8 Å². The molecule has 0 aliphatic rings. The average molecular weight is 334 g/mol. The maximum Gasteiger partial charge on any atom is 0.222 e. The first kappa shape index (κ1) is 17.9. The number of rotatable bonds is 7. The zero-order valence-electron chi connectivity index (χ0n) is 14.2. The number of nitrogens with one attached hydrogen (secondary N) is 1. The van der Waals surface area contributed by atoms with E-state index in [0.29, 0.717) is 6.54 Å². The van der Waals surface area contributed by atoms with Crippen molar-refractivity contribution in [1.29, 1.82) is 0 Å². The lowest BCUT2D eigenvalue weighted by Gasteiger charge is -2.31. The minimum atomic E-state index is -0.414. The molecule has 1 amide bonds. The standard InChI is InChI=1S/C17H23FN4O2/c1-17(2,3)15(10-24-14-7-5-4-6-13(14)18)21-16(23)8-9-22-12-19-11-20-22/h4-7,11-12,15H,8-10H2,1-3H3,(H,21,23)/t15-/m1/s1. The van der Waals surface area contributed by atoms with Gasteiger partial charge in [0.1, 0.15) is 19.3 Å². The highest BCUT2D eigenvalue weighted by Gasteiger charge is 2.27. The first-order valence-electron chi connectivity index (χ1n) is 7.85. The van der Waals surface area contributed by atoms with E-state index in [1.165, 1.54) is 12.4 Å². The van der Waals surface area contributed by atoms with Crippen molar-refractivity contribution >= 4 is 5.91 Å². The van der Waals surface area contributed by atoms with Gasteiger partial charge in [-0.15, -0.1) is 0 Å². The maximum atomic E-state index is 13.6. The fourth-order valence-corrected chi connectivity index (χ4v) is 2.07. The van der Waals surface area contributed by atoms with Gasteiger partial charge in [0.05, 0.1) is 12.6 Å². The summed E-state index contributed by atoms with van der Waals surface area (Å²) in [6.45, 7) is 6.65. The molecule has 1 aromatic heterocycles. The number of nitrogens with zero attached hydrogens (tertiary/aromatic N) is 3. The molecule has 0 aliphatic carbocycles. The highest BCUT2D eigenvalue weighted by Crippen LogP contribution is 2.22. The lowest BCUT2D eigenvalue weighted by Crippen LogP contribution is -2.47. The zero-order valence-corrected chi connectivity index (χ0v) is 14.2. The molecule has 0 saturated heterocycles. The van der Waals surface area contributed by atoms with Crippen molar-refractivity contribution in [3.05, 3.63) is 42.7 Å². The van der Waals surface area contributed by atoms with Gasteiger partial charge in [0.2, 0.25) is 5.91 Å². The van der Waals surface area contributed by atoms with Crippen LogP contribution in [-0.2, 0) is 11.3 Å². The maximum absolute atomic E-state index is 13.6. The average Bonchev–Trinajstić information content (AvgIpc) is 3.03. The summed E-state index contributed by atoms with van der Waals surface area (Å²) in [4.78, 5) is 16.0. The van der Waals surface area contributed by atoms with Crippen LogP contribution in [0.3, 0.4) is 0 Å². The van der Waals surface area contributed by atoms with Gasteiger partial charge < -0.3 is 10.1 Å². The van der Waals surface area contributed by atoms with Crippen molar-refractivity contribution in [2.24, 2.45) is 5.41 Å². The van der Waals surface area contributed by atoms with E-state index in [-0.39, 0.29) is 36.1 Å². The predicted molar refractivity (Wildman–Crippen MR) is 87.9 cm³/mol. The number of aryl methyl sites for hydroxylation is 1. The van der Waals surface area contributed by atoms with Crippen molar-refractivity contribution in [3.8, 4) is 5.75 Å². The summed E-state index contributed by atoms with van der Waals surface area (Å²) in [5.74, 6) is -0.339. The third kappa shape index (κ3) is 5.33. The number of carbonyl (C=O) groups excluding carboxylic acids is 1. The van der Waals surface area contributed by atoms with Gasteiger partial charge in [-0.2, -0.15) is 5.10 Å². The summed E-state index contributed by atoms with van der Waals surface area (Å²) in [5, 5.41) is 6.92. The Labute approximate surface area is 141 Å². The molecule has 1 heterocycles. The molecule has 0 aliphatic heterocycles. The number of hydrogen-bond donors (Lipinski definition) is 1. The Balaban J connectivity index is 1.90. The second-order valence-corrected chi connectivity index (χ2v) is 6.64. The van der Waals surface area contributed by atoms with E-state index in [2.05, 4.69) is 15.4 Å². The molecule has 0 saturated carbocycles. The topological polar surface area (TPSA) is 69.0 Å². The Morgan fingerprint density at radius 2 is 2.12 bits per heavy atom. The van der Waals surface area contributed by atoms with Gasteiger partial charge in [-0.05, 0) is 17.5 Å². The van der Waals surface area contributed by atoms with Crippen LogP contribution in [0.15, 0.2) is 36.9 Å². The number of hydrogen-bond acceptors (Lipinski definition) is 4. The number of benzene rings is 1. The van der Waals surface area contributed by atoms with Gasteiger partial charge in [0.25, 0.3) is 0 Å². The van der Waals surface area contributed by atoms with Gasteiger partial charge in [0.15, 0.2) is 11.6 Å². The molecule has 0 bridgehead atoms. The number of para-hydroxylation sites is 1. The van der Waals surface area contributed by atoms with E-state index >= 15 is 0 Å². The lowest BCUT2D eigenvalue weighted by atomic mass is 9.87. The summed E-state index contributed by atoms with van der Waals surface area (Å²) >= 11 is 0. The molecule has 1 aromatic carbocycles. The number of halogens is 1. The molecular formula is C17H23FN4O2. The van der Waals surface area contributed by atoms with Crippen LogP contribution in [0.4, 0.5) is 4.39 Å². The molecule has 1 atom stereocenters. The van der Waals surface area contributed by atoms with E-state index in [0.717, 1.165) is 0 Å². The Morgan fingerprint density at radius 3 is 2.75 bits per heavy atom. The third-order valence-electron chi connectivity index (χ3n) is 3.66. The van der Waals surface area contributed by atoms with Crippen LogP contribution in [0.25, 0.3) is 0 Å². The normalized spacial score (nSPS) is 12.7. The van der Waals surface area contributed by atoms with E-state index in [1.54, 1.807) is 29.2 Å². The fraction of sp³-hybridized carbons (Fsp3) is 0.471. The number of ether oxygens (including phenoxy) is 1. The van der Waals surface area contributed by atoms with E-state index in [9.17, 15) is 9.18 Å². The van der Waals surface area contributed by atoms with Crippen LogP contribution >= 0.6 is 0 Å². The van der Waals surface area contributed by atoms with Gasteiger partial charge in [-0.25, -0.2) is 9.37 Å². The van der Waals surface area contributed by atoms with Crippen LogP contribution in [0.5, 0.6) is 5.75 Å². The highest BCUT2D eigenvalue weighted by molar-refractivity contribution is 5.76. The molecule has 24 heavy (non-hydrogen) atoms. The monoisotopic (exact) mass is 334 g/mol. The van der Waals surface area contributed by atoms with Gasteiger partial charge in [-0.1, -0.05) is 32.9 Å². The highest BCUT2D eigenvalue weighted by atomic mass is 19.1. The van der Waals surface area contributed by atoms with Crippen LogP contribution in [0.2, 0.25) is 0 Å². The molecule has 0 spiro atoms. The summed E-state index contributed by atoms with van der Waals surface area (Å²) in [7, 11) is 0. The fourth-order valence-electron chi connectivity index (χ4n) is 2.07. The van der Waals surface area contributed by atoms with Crippen molar-refractivity contribution in [2.75, 3.05) is 6.61 Å². The lowest BCUT2D eigenvalue weighted by molar-refractivity contribution is -0.123. The molecule has 1 N–H and O–H groups in total. The molecule has 130 valence electrons. The minimum Gasteiger partial charge on any atom is -0.488 e. The molecule has 7 heteroatoms. The second kappa shape index (κ2) is 7.90. The Bertz CT molecular complexity index is 653. The molecular weight excluding hydrogens is 311 g/mol. The van der Waals surface area contributed by atoms with Crippen LogP contribution in [-0.4, -0.2) is 33.3 Å². The zero-order chi connectivity index (χ0) is 17.6. The van der Waals surface area contributed by atoms with Crippen molar-refractivity contribution in [1.82, 2.24) is 20.1 Å². The van der Waals surface area contributed by atoms with E-state index in [4.69, 9.17) is 4.74 Å². The molecule has 0 unspecified atom stereocenters. The van der Waals surface area contributed by atoms with Crippen LogP contribution in [0.1, 0.15) is 27.2 Å². The third-order valence-corrected chi connectivity index (χ3v) is 3.66. The number of aromatic nitrogens is 3. The van der Waals surface area contributed by atoms with Crippen molar-refractivity contribution < 1.29 is 13.9 Å².